The largest absolute Gasteiger partial charge is 0.490 e. The average molecular weight is 425 g/mol. The molecule has 0 aliphatic carbocycles. The third-order valence-corrected chi connectivity index (χ3v) is 5.09. The number of likely N-dealkylation sites (N-methyl/N-ethyl adjacent to an activating group) is 1. The van der Waals surface area contributed by atoms with Crippen LogP contribution in [0.25, 0.3) is 0 Å². The van der Waals surface area contributed by atoms with Crippen molar-refractivity contribution in [3.05, 3.63) is 60.2 Å². The fourth-order valence-corrected chi connectivity index (χ4v) is 3.53. The van der Waals surface area contributed by atoms with Gasteiger partial charge >= 0.3 is 0 Å². The maximum absolute atomic E-state index is 11.6. The third-order valence-electron chi connectivity index (χ3n) is 5.09. The number of rotatable bonds is 8. The van der Waals surface area contributed by atoms with Gasteiger partial charge in [-0.2, -0.15) is 0 Å². The molecule has 2 aromatic carbocycles. The summed E-state index contributed by atoms with van der Waals surface area (Å²) in [6.07, 6.45) is 2.15. The Morgan fingerprint density at radius 2 is 1.81 bits per heavy atom. The number of guanidine groups is 1. The molecule has 0 atom stereocenters. The number of likely N-dealkylation sites (tertiary alicyclic amines) is 1. The van der Waals surface area contributed by atoms with E-state index in [-0.39, 0.29) is 18.6 Å². The van der Waals surface area contributed by atoms with Gasteiger partial charge in [-0.1, -0.05) is 30.3 Å². The van der Waals surface area contributed by atoms with Gasteiger partial charge in [0.2, 0.25) is 0 Å². The zero-order valence-corrected chi connectivity index (χ0v) is 18.3. The first-order valence-corrected chi connectivity index (χ1v) is 10.8. The molecular weight excluding hydrogens is 392 g/mol. The van der Waals surface area contributed by atoms with Crippen LogP contribution in [0, 0.1) is 0 Å². The highest BCUT2D eigenvalue weighted by Gasteiger charge is 2.22. The van der Waals surface area contributed by atoms with E-state index in [0.717, 1.165) is 43.2 Å². The van der Waals surface area contributed by atoms with Gasteiger partial charge in [-0.25, -0.2) is 0 Å². The van der Waals surface area contributed by atoms with E-state index in [1.165, 1.54) is 0 Å². The Labute approximate surface area is 184 Å². The number of piperidine rings is 1. The number of amides is 1. The van der Waals surface area contributed by atoms with Crippen LogP contribution in [0.5, 0.6) is 11.5 Å². The molecule has 7 nitrogen and oxygen atoms in total. The number of carbonyl (C=O) groups excluding carboxylic acids is 1. The van der Waals surface area contributed by atoms with Crippen LogP contribution in [0.4, 0.5) is 0 Å². The number of benzene rings is 2. The Balaban J connectivity index is 1.45. The topological polar surface area (TPSA) is 75.2 Å². The highest BCUT2D eigenvalue weighted by molar-refractivity contribution is 5.80. The second-order valence-electron chi connectivity index (χ2n) is 7.41. The first-order valence-electron chi connectivity index (χ1n) is 10.8. The maximum Gasteiger partial charge on any atom is 0.257 e. The lowest BCUT2D eigenvalue weighted by atomic mass is 10.1. The van der Waals surface area contributed by atoms with Crippen molar-refractivity contribution < 1.29 is 14.3 Å². The Morgan fingerprint density at radius 3 is 2.52 bits per heavy atom. The predicted octanol–water partition coefficient (Wildman–Crippen LogP) is 2.82. The molecule has 2 aromatic rings. The number of para-hydroxylation sites is 1. The molecule has 1 amide bonds. The highest BCUT2D eigenvalue weighted by atomic mass is 16.5. The van der Waals surface area contributed by atoms with Crippen LogP contribution in [0.1, 0.15) is 25.3 Å². The van der Waals surface area contributed by atoms with Crippen molar-refractivity contribution in [1.82, 2.24) is 15.5 Å². The van der Waals surface area contributed by atoms with Gasteiger partial charge in [0.25, 0.3) is 5.91 Å². The van der Waals surface area contributed by atoms with Gasteiger partial charge in [-0.15, -0.1) is 0 Å². The number of hydrogen-bond acceptors (Lipinski definition) is 4. The summed E-state index contributed by atoms with van der Waals surface area (Å²) >= 11 is 0. The number of carbonyl (C=O) groups is 1. The smallest absolute Gasteiger partial charge is 0.257 e. The third kappa shape index (κ3) is 7.20. The molecule has 7 heteroatoms. The Hall–Kier alpha value is -3.22. The molecular formula is C24H32N4O3. The molecule has 31 heavy (non-hydrogen) atoms. The summed E-state index contributed by atoms with van der Waals surface area (Å²) < 4.78 is 11.7. The second kappa shape index (κ2) is 11.8. The van der Waals surface area contributed by atoms with Crippen molar-refractivity contribution in [2.45, 2.75) is 32.4 Å². The van der Waals surface area contributed by atoms with Crippen LogP contribution >= 0.6 is 0 Å². The quantitative estimate of drug-likeness (QED) is 0.504. The lowest BCUT2D eigenvalue weighted by Crippen LogP contribution is -2.47. The van der Waals surface area contributed by atoms with Crippen molar-refractivity contribution >= 4 is 11.9 Å². The first-order chi connectivity index (χ1) is 15.2. The molecule has 0 saturated carbocycles. The number of ether oxygens (including phenoxy) is 2. The van der Waals surface area contributed by atoms with Gasteiger partial charge in [-0.05, 0) is 36.8 Å². The molecule has 1 heterocycles. The zero-order valence-electron chi connectivity index (χ0n) is 18.3. The summed E-state index contributed by atoms with van der Waals surface area (Å²) in [5.74, 6) is 2.37. The fraction of sp³-hybridized carbons (Fsp3) is 0.417. The van der Waals surface area contributed by atoms with E-state index in [2.05, 4.69) is 20.5 Å². The van der Waals surface area contributed by atoms with Crippen molar-refractivity contribution in [3.63, 3.8) is 0 Å². The van der Waals surface area contributed by atoms with Gasteiger partial charge in [0.1, 0.15) is 17.6 Å². The van der Waals surface area contributed by atoms with Gasteiger partial charge < -0.3 is 25.0 Å². The van der Waals surface area contributed by atoms with Crippen LogP contribution in [0.2, 0.25) is 0 Å². The van der Waals surface area contributed by atoms with Gasteiger partial charge in [0, 0.05) is 46.1 Å². The highest BCUT2D eigenvalue weighted by Crippen LogP contribution is 2.19. The zero-order chi connectivity index (χ0) is 21.9. The SMILES string of the molecule is CCNC(=O)COc1cccc(CNC(=NC)N2CCC(Oc3ccccc3)CC2)c1. The Bertz CT molecular complexity index is 849. The molecule has 2 N–H and O–H groups in total. The van der Waals surface area contributed by atoms with Crippen molar-refractivity contribution in [2.24, 2.45) is 4.99 Å². The van der Waals surface area contributed by atoms with E-state index < -0.39 is 0 Å². The molecule has 1 aliphatic rings. The van der Waals surface area contributed by atoms with E-state index in [1.807, 2.05) is 61.5 Å². The minimum atomic E-state index is -0.119. The molecule has 1 fully saturated rings. The molecule has 0 radical (unpaired) electrons. The molecule has 0 bridgehead atoms. The summed E-state index contributed by atoms with van der Waals surface area (Å²) in [4.78, 5) is 18.3. The molecule has 0 unspecified atom stereocenters. The summed E-state index contributed by atoms with van der Waals surface area (Å²) in [7, 11) is 1.81. The lowest BCUT2D eigenvalue weighted by Gasteiger charge is -2.34. The normalized spacial score (nSPS) is 14.8. The van der Waals surface area contributed by atoms with Crippen molar-refractivity contribution in [2.75, 3.05) is 33.3 Å². The van der Waals surface area contributed by atoms with E-state index in [9.17, 15) is 4.79 Å². The molecule has 1 aliphatic heterocycles. The summed E-state index contributed by atoms with van der Waals surface area (Å²) in [6.45, 7) is 4.92. The second-order valence-corrected chi connectivity index (χ2v) is 7.41. The number of hydrogen-bond donors (Lipinski definition) is 2. The monoisotopic (exact) mass is 424 g/mol. The van der Waals surface area contributed by atoms with E-state index >= 15 is 0 Å². The van der Waals surface area contributed by atoms with Gasteiger partial charge in [0.15, 0.2) is 12.6 Å². The molecule has 166 valence electrons. The minimum Gasteiger partial charge on any atom is -0.490 e. The summed E-state index contributed by atoms with van der Waals surface area (Å²) in [6, 6.07) is 17.7. The van der Waals surface area contributed by atoms with Crippen LogP contribution in [-0.2, 0) is 11.3 Å². The van der Waals surface area contributed by atoms with Gasteiger partial charge in [-0.3, -0.25) is 9.79 Å². The summed E-state index contributed by atoms with van der Waals surface area (Å²) in [5.41, 5.74) is 1.07. The fourth-order valence-electron chi connectivity index (χ4n) is 3.53. The Morgan fingerprint density at radius 1 is 1.06 bits per heavy atom. The molecule has 3 rings (SSSR count). The van der Waals surface area contributed by atoms with Crippen LogP contribution < -0.4 is 20.1 Å². The minimum absolute atomic E-state index is 0.0202. The number of nitrogens with one attached hydrogen (secondary N) is 2. The van der Waals surface area contributed by atoms with Crippen LogP contribution in [-0.4, -0.2) is 56.2 Å². The van der Waals surface area contributed by atoms with Crippen LogP contribution in [0.15, 0.2) is 59.6 Å². The lowest BCUT2D eigenvalue weighted by molar-refractivity contribution is -0.122. The number of nitrogens with zero attached hydrogens (tertiary/aromatic N) is 2. The number of aliphatic imine (C=N–C) groups is 1. The standard InChI is InChI=1S/C24H32N4O3/c1-3-26-23(29)18-30-22-11-7-8-19(16-22)17-27-24(25-2)28-14-12-21(13-15-28)31-20-9-5-4-6-10-20/h4-11,16,21H,3,12-15,17-18H2,1-2H3,(H,25,27)(H,26,29). The van der Waals surface area contributed by atoms with Gasteiger partial charge in [0.05, 0.1) is 0 Å². The van der Waals surface area contributed by atoms with E-state index in [0.29, 0.717) is 18.8 Å². The van der Waals surface area contributed by atoms with Crippen molar-refractivity contribution in [3.8, 4) is 11.5 Å². The maximum atomic E-state index is 11.6. The van der Waals surface area contributed by atoms with E-state index in [4.69, 9.17) is 9.47 Å². The Kier molecular flexibility index (Phi) is 8.58. The molecule has 0 spiro atoms. The average Bonchev–Trinajstić information content (AvgIpc) is 2.80. The van der Waals surface area contributed by atoms with E-state index in [1.54, 1.807) is 7.05 Å². The molecule has 0 aromatic heterocycles. The van der Waals surface area contributed by atoms with Crippen LogP contribution in [0.3, 0.4) is 0 Å². The summed E-state index contributed by atoms with van der Waals surface area (Å²) in [5, 5.41) is 6.16. The molecule has 1 saturated heterocycles. The van der Waals surface area contributed by atoms with Crippen molar-refractivity contribution in [1.29, 1.82) is 0 Å². The predicted molar refractivity (Wildman–Crippen MR) is 122 cm³/mol. The first kappa shape index (κ1) is 22.5.